The van der Waals surface area contributed by atoms with E-state index in [1.807, 2.05) is 25.1 Å². The van der Waals surface area contributed by atoms with E-state index in [-0.39, 0.29) is 12.0 Å². The maximum atomic E-state index is 5.66. The second kappa shape index (κ2) is 6.18. The first-order chi connectivity index (χ1) is 9.58. The van der Waals surface area contributed by atoms with Crippen LogP contribution in [0.5, 0.6) is 6.01 Å². The molecule has 1 aromatic carbocycles. The number of aryl methyl sites for hydroxylation is 2. The van der Waals surface area contributed by atoms with Crippen molar-refractivity contribution in [1.82, 2.24) is 15.0 Å². The third-order valence-corrected chi connectivity index (χ3v) is 2.83. The highest BCUT2D eigenvalue weighted by molar-refractivity contribution is 5.56. The number of nitrogens with one attached hydrogen (secondary N) is 1. The highest BCUT2D eigenvalue weighted by Gasteiger charge is 2.06. The molecule has 0 unspecified atom stereocenters. The molecule has 0 radical (unpaired) electrons. The quantitative estimate of drug-likeness (QED) is 0.870. The third-order valence-electron chi connectivity index (χ3n) is 2.83. The Hall–Kier alpha value is -2.37. The van der Waals surface area contributed by atoms with Gasteiger partial charge in [-0.2, -0.15) is 15.0 Å². The molecule has 0 aliphatic carbocycles. The first kappa shape index (κ1) is 14.0. The highest BCUT2D eigenvalue weighted by Crippen LogP contribution is 2.18. The molecule has 20 heavy (non-hydrogen) atoms. The molecule has 6 nitrogen and oxygen atoms in total. The largest absolute Gasteiger partial charge is 0.463 e. The fourth-order valence-electron chi connectivity index (χ4n) is 1.63. The second-order valence-corrected chi connectivity index (χ2v) is 4.57. The Morgan fingerprint density at radius 1 is 1.15 bits per heavy atom. The summed E-state index contributed by atoms with van der Waals surface area (Å²) in [7, 11) is 0. The predicted molar refractivity (Wildman–Crippen MR) is 79.2 cm³/mol. The lowest BCUT2D eigenvalue weighted by atomic mass is 10.1. The van der Waals surface area contributed by atoms with Gasteiger partial charge in [0.05, 0.1) is 6.61 Å². The van der Waals surface area contributed by atoms with Crippen molar-refractivity contribution in [2.75, 3.05) is 17.7 Å². The molecule has 0 saturated carbocycles. The number of hydrogen-bond acceptors (Lipinski definition) is 6. The van der Waals surface area contributed by atoms with Gasteiger partial charge in [0.1, 0.15) is 0 Å². The number of nitrogen functional groups attached to an aromatic ring is 1. The summed E-state index contributed by atoms with van der Waals surface area (Å²) in [5, 5.41) is 3.11. The van der Waals surface area contributed by atoms with Crippen LogP contribution >= 0.6 is 0 Å². The van der Waals surface area contributed by atoms with Crippen molar-refractivity contribution in [3.63, 3.8) is 0 Å². The van der Waals surface area contributed by atoms with E-state index in [1.165, 1.54) is 11.1 Å². The van der Waals surface area contributed by atoms with Crippen LogP contribution in [0.1, 0.15) is 24.5 Å². The first-order valence-electron chi connectivity index (χ1n) is 6.57. The third kappa shape index (κ3) is 3.57. The number of nitrogens with two attached hydrogens (primary N) is 1. The van der Waals surface area contributed by atoms with Crippen LogP contribution in [-0.2, 0) is 0 Å². The van der Waals surface area contributed by atoms with E-state index < -0.39 is 0 Å². The van der Waals surface area contributed by atoms with E-state index >= 15 is 0 Å². The van der Waals surface area contributed by atoms with Crippen LogP contribution in [0.2, 0.25) is 0 Å². The van der Waals surface area contributed by atoms with Gasteiger partial charge in [-0.05, 0) is 43.5 Å². The summed E-state index contributed by atoms with van der Waals surface area (Å²) < 4.78 is 5.37. The van der Waals surface area contributed by atoms with Crippen LogP contribution in [-0.4, -0.2) is 21.6 Å². The van der Waals surface area contributed by atoms with Crippen molar-refractivity contribution in [2.24, 2.45) is 0 Å². The van der Waals surface area contributed by atoms with Crippen molar-refractivity contribution in [3.05, 3.63) is 29.3 Å². The van der Waals surface area contributed by atoms with Gasteiger partial charge in [-0.15, -0.1) is 0 Å². The van der Waals surface area contributed by atoms with Gasteiger partial charge < -0.3 is 15.8 Å². The van der Waals surface area contributed by atoms with E-state index in [2.05, 4.69) is 34.1 Å². The average molecular weight is 273 g/mol. The first-order valence-corrected chi connectivity index (χ1v) is 6.57. The van der Waals surface area contributed by atoms with Crippen molar-refractivity contribution in [3.8, 4) is 6.01 Å². The maximum Gasteiger partial charge on any atom is 0.323 e. The fourth-order valence-corrected chi connectivity index (χ4v) is 1.63. The molecule has 1 aromatic heterocycles. The van der Waals surface area contributed by atoms with Crippen LogP contribution in [0, 0.1) is 13.8 Å². The number of hydrogen-bond donors (Lipinski definition) is 2. The predicted octanol–water partition coefficient (Wildman–Crippen LogP) is 2.60. The Morgan fingerprint density at radius 2 is 1.95 bits per heavy atom. The fraction of sp³-hybridized carbons (Fsp3) is 0.357. The lowest BCUT2D eigenvalue weighted by Crippen LogP contribution is -2.07. The molecule has 0 aliphatic rings. The van der Waals surface area contributed by atoms with E-state index in [4.69, 9.17) is 10.5 Å². The van der Waals surface area contributed by atoms with Crippen LogP contribution in [0.3, 0.4) is 0 Å². The standard InChI is InChI=1S/C14H19N5O/c1-4-7-20-14-18-12(15)17-13(19-14)16-11-6-5-9(2)10(3)8-11/h5-6,8H,4,7H2,1-3H3,(H3,15,16,17,18,19). The SMILES string of the molecule is CCCOc1nc(N)nc(Nc2ccc(C)c(C)c2)n1. The number of rotatable bonds is 5. The van der Waals surface area contributed by atoms with E-state index in [0.29, 0.717) is 12.6 Å². The van der Waals surface area contributed by atoms with E-state index in [9.17, 15) is 0 Å². The van der Waals surface area contributed by atoms with Gasteiger partial charge in [-0.25, -0.2) is 0 Å². The summed E-state index contributed by atoms with van der Waals surface area (Å²) >= 11 is 0. The molecule has 0 bridgehead atoms. The average Bonchev–Trinajstić information content (AvgIpc) is 2.40. The molecule has 1 heterocycles. The monoisotopic (exact) mass is 273 g/mol. The Kier molecular flexibility index (Phi) is 4.34. The molecule has 0 fully saturated rings. The van der Waals surface area contributed by atoms with Crippen LogP contribution < -0.4 is 15.8 Å². The molecule has 0 spiro atoms. The van der Waals surface area contributed by atoms with Crippen molar-refractivity contribution in [1.29, 1.82) is 0 Å². The Morgan fingerprint density at radius 3 is 2.65 bits per heavy atom. The lowest BCUT2D eigenvalue weighted by Gasteiger charge is -2.09. The molecule has 2 rings (SSSR count). The van der Waals surface area contributed by atoms with Gasteiger partial charge >= 0.3 is 6.01 Å². The topological polar surface area (TPSA) is 86.0 Å². The molecule has 0 amide bonds. The van der Waals surface area contributed by atoms with Crippen molar-refractivity contribution in [2.45, 2.75) is 27.2 Å². The number of aromatic nitrogens is 3. The normalized spacial score (nSPS) is 10.3. The number of ether oxygens (including phenoxy) is 1. The van der Waals surface area contributed by atoms with Gasteiger partial charge in [-0.1, -0.05) is 13.0 Å². The minimum absolute atomic E-state index is 0.137. The summed E-state index contributed by atoms with van der Waals surface area (Å²) in [6, 6.07) is 6.28. The summed E-state index contributed by atoms with van der Waals surface area (Å²) in [6.45, 7) is 6.68. The minimum atomic E-state index is 0.137. The molecule has 6 heteroatoms. The van der Waals surface area contributed by atoms with Crippen molar-refractivity contribution < 1.29 is 4.74 Å². The second-order valence-electron chi connectivity index (χ2n) is 4.57. The summed E-state index contributed by atoms with van der Waals surface area (Å²) in [5.41, 5.74) is 8.99. The number of anilines is 3. The molecule has 0 saturated heterocycles. The van der Waals surface area contributed by atoms with Crippen molar-refractivity contribution >= 4 is 17.6 Å². The zero-order chi connectivity index (χ0) is 14.5. The maximum absolute atomic E-state index is 5.66. The van der Waals surface area contributed by atoms with Gasteiger partial charge in [0.2, 0.25) is 11.9 Å². The molecule has 0 aliphatic heterocycles. The highest BCUT2D eigenvalue weighted by atomic mass is 16.5. The summed E-state index contributed by atoms with van der Waals surface area (Å²) in [4.78, 5) is 12.2. The zero-order valence-corrected chi connectivity index (χ0v) is 12.0. The van der Waals surface area contributed by atoms with Gasteiger partial charge in [-0.3, -0.25) is 0 Å². The molecule has 2 aromatic rings. The molecule has 106 valence electrons. The van der Waals surface area contributed by atoms with Gasteiger partial charge in [0.25, 0.3) is 0 Å². The molecule has 0 atom stereocenters. The summed E-state index contributed by atoms with van der Waals surface area (Å²) in [5.74, 6) is 0.518. The van der Waals surface area contributed by atoms with Crippen LogP contribution in [0.15, 0.2) is 18.2 Å². The van der Waals surface area contributed by atoms with E-state index in [0.717, 1.165) is 12.1 Å². The molecular weight excluding hydrogens is 254 g/mol. The van der Waals surface area contributed by atoms with Gasteiger partial charge in [0.15, 0.2) is 0 Å². The number of nitrogens with zero attached hydrogens (tertiary/aromatic N) is 3. The minimum Gasteiger partial charge on any atom is -0.463 e. The Bertz CT molecular complexity index is 600. The summed E-state index contributed by atoms with van der Waals surface area (Å²) in [6.07, 6.45) is 0.880. The smallest absolute Gasteiger partial charge is 0.323 e. The Labute approximate surface area is 118 Å². The van der Waals surface area contributed by atoms with Crippen LogP contribution in [0.4, 0.5) is 17.6 Å². The Balaban J connectivity index is 2.19. The van der Waals surface area contributed by atoms with Crippen LogP contribution in [0.25, 0.3) is 0 Å². The van der Waals surface area contributed by atoms with Gasteiger partial charge in [0, 0.05) is 5.69 Å². The lowest BCUT2D eigenvalue weighted by molar-refractivity contribution is 0.292. The number of benzene rings is 1. The molecular formula is C14H19N5O. The zero-order valence-electron chi connectivity index (χ0n) is 12.0. The van der Waals surface area contributed by atoms with E-state index in [1.54, 1.807) is 0 Å². The molecule has 3 N–H and O–H groups in total.